The molecule has 0 spiro atoms. The van der Waals surface area contributed by atoms with Gasteiger partial charge in [0, 0.05) is 4.90 Å². The van der Waals surface area contributed by atoms with E-state index in [4.69, 9.17) is 0 Å². The summed E-state index contributed by atoms with van der Waals surface area (Å²) in [5, 5.41) is 27.8. The molecule has 0 bridgehead atoms. The van der Waals surface area contributed by atoms with Gasteiger partial charge in [0.05, 0.1) is 0 Å². The van der Waals surface area contributed by atoms with Gasteiger partial charge in [-0.2, -0.15) is 0 Å². The molecule has 0 saturated carbocycles. The van der Waals surface area contributed by atoms with E-state index in [-0.39, 0.29) is 11.5 Å². The fourth-order valence-corrected chi connectivity index (χ4v) is 2.40. The first-order valence-electron chi connectivity index (χ1n) is 5.80. The number of aromatic hydroxyl groups is 2. The van der Waals surface area contributed by atoms with Gasteiger partial charge in [0.25, 0.3) is 0 Å². The minimum atomic E-state index is -0.994. The first-order chi connectivity index (χ1) is 9.58. The van der Waals surface area contributed by atoms with Gasteiger partial charge in [-0.25, -0.2) is 4.72 Å². The van der Waals surface area contributed by atoms with E-state index in [2.05, 4.69) is 4.72 Å². The van der Waals surface area contributed by atoms with Gasteiger partial charge >= 0.3 is 5.97 Å². The molecule has 4 N–H and O–H groups in total. The molecule has 20 heavy (non-hydrogen) atoms. The lowest BCUT2D eigenvalue weighted by Gasteiger charge is -2.14. The molecular formula is C14H13NO4S. The van der Waals surface area contributed by atoms with Gasteiger partial charge in [0.2, 0.25) is 0 Å². The number of benzene rings is 2. The summed E-state index contributed by atoms with van der Waals surface area (Å²) in [7, 11) is 0. The zero-order valence-electron chi connectivity index (χ0n) is 10.4. The van der Waals surface area contributed by atoms with Crippen LogP contribution in [0.4, 0.5) is 0 Å². The average molecular weight is 291 g/mol. The molecule has 1 atom stereocenters. The van der Waals surface area contributed by atoms with E-state index in [9.17, 15) is 20.1 Å². The SMILES string of the molecule is O=C(O)C(NSc1ccc(O)c(O)c1)c1ccccc1. The van der Waals surface area contributed by atoms with Crippen LogP contribution in [0.2, 0.25) is 0 Å². The van der Waals surface area contributed by atoms with Crippen molar-refractivity contribution in [2.75, 3.05) is 0 Å². The quantitative estimate of drug-likeness (QED) is 0.500. The summed E-state index contributed by atoms with van der Waals surface area (Å²) in [6, 6.07) is 12.2. The molecule has 5 nitrogen and oxygen atoms in total. The zero-order chi connectivity index (χ0) is 14.5. The molecular weight excluding hydrogens is 278 g/mol. The zero-order valence-corrected chi connectivity index (χ0v) is 11.2. The van der Waals surface area contributed by atoms with Crippen molar-refractivity contribution in [1.82, 2.24) is 4.72 Å². The highest BCUT2D eigenvalue weighted by Gasteiger charge is 2.19. The first-order valence-corrected chi connectivity index (χ1v) is 6.61. The van der Waals surface area contributed by atoms with Crippen LogP contribution < -0.4 is 4.72 Å². The topological polar surface area (TPSA) is 89.8 Å². The average Bonchev–Trinajstić information content (AvgIpc) is 2.44. The van der Waals surface area contributed by atoms with Gasteiger partial charge in [-0.3, -0.25) is 4.79 Å². The molecule has 0 heterocycles. The third-order valence-electron chi connectivity index (χ3n) is 2.62. The van der Waals surface area contributed by atoms with E-state index in [1.54, 1.807) is 30.3 Å². The second-order valence-corrected chi connectivity index (χ2v) is 4.96. The van der Waals surface area contributed by atoms with Crippen LogP contribution in [-0.2, 0) is 4.79 Å². The summed E-state index contributed by atoms with van der Waals surface area (Å²) < 4.78 is 2.82. The third kappa shape index (κ3) is 3.43. The number of hydrogen-bond donors (Lipinski definition) is 4. The van der Waals surface area contributed by atoms with Crippen molar-refractivity contribution in [1.29, 1.82) is 0 Å². The lowest BCUT2D eigenvalue weighted by atomic mass is 10.1. The number of phenols is 2. The van der Waals surface area contributed by atoms with Crippen LogP contribution >= 0.6 is 11.9 Å². The van der Waals surface area contributed by atoms with Crippen LogP contribution in [0.5, 0.6) is 11.5 Å². The van der Waals surface area contributed by atoms with Crippen molar-refractivity contribution in [3.8, 4) is 11.5 Å². The van der Waals surface area contributed by atoms with E-state index < -0.39 is 12.0 Å². The summed E-state index contributed by atoms with van der Waals surface area (Å²) in [5.41, 5.74) is 0.635. The lowest BCUT2D eigenvalue weighted by Crippen LogP contribution is -2.23. The molecule has 0 fully saturated rings. The Balaban J connectivity index is 2.10. The molecule has 2 aromatic carbocycles. The summed E-state index contributed by atoms with van der Waals surface area (Å²) in [6.45, 7) is 0. The van der Waals surface area contributed by atoms with Crippen LogP contribution in [0.15, 0.2) is 53.4 Å². The molecule has 2 aromatic rings. The second-order valence-electron chi connectivity index (χ2n) is 4.05. The summed E-state index contributed by atoms with van der Waals surface area (Å²) in [5.74, 6) is -1.46. The highest BCUT2D eigenvalue weighted by atomic mass is 32.2. The number of hydrogen-bond acceptors (Lipinski definition) is 5. The van der Waals surface area contributed by atoms with Crippen molar-refractivity contribution < 1.29 is 20.1 Å². The highest BCUT2D eigenvalue weighted by Crippen LogP contribution is 2.30. The molecule has 0 aliphatic carbocycles. The fraction of sp³-hybridized carbons (Fsp3) is 0.0714. The molecule has 1 unspecified atom stereocenters. The molecule has 0 saturated heterocycles. The van der Waals surface area contributed by atoms with Crippen molar-refractivity contribution in [3.63, 3.8) is 0 Å². The third-order valence-corrected chi connectivity index (χ3v) is 3.46. The normalized spacial score (nSPS) is 12.0. The van der Waals surface area contributed by atoms with E-state index in [0.717, 1.165) is 11.9 Å². The Morgan fingerprint density at radius 1 is 1.05 bits per heavy atom. The smallest absolute Gasteiger partial charge is 0.326 e. The van der Waals surface area contributed by atoms with Crippen molar-refractivity contribution in [2.24, 2.45) is 0 Å². The molecule has 0 radical (unpaired) electrons. The summed E-state index contributed by atoms with van der Waals surface area (Å²) in [6.07, 6.45) is 0. The van der Waals surface area contributed by atoms with Crippen LogP contribution in [0, 0.1) is 0 Å². The van der Waals surface area contributed by atoms with Crippen LogP contribution in [0.3, 0.4) is 0 Å². The standard InChI is InChI=1S/C14H13NO4S/c16-11-7-6-10(8-12(11)17)20-15-13(14(18)19)9-4-2-1-3-5-9/h1-8,13,15-17H,(H,18,19). The number of carboxylic acids is 1. The van der Waals surface area contributed by atoms with E-state index >= 15 is 0 Å². The Hall–Kier alpha value is -2.18. The van der Waals surface area contributed by atoms with Gasteiger partial charge < -0.3 is 15.3 Å². The summed E-state index contributed by atoms with van der Waals surface area (Å²) >= 11 is 1.07. The minimum Gasteiger partial charge on any atom is -0.504 e. The molecule has 0 aliphatic rings. The predicted molar refractivity (Wildman–Crippen MR) is 75.6 cm³/mol. The maximum absolute atomic E-state index is 11.3. The Morgan fingerprint density at radius 3 is 2.35 bits per heavy atom. The van der Waals surface area contributed by atoms with E-state index in [1.165, 1.54) is 12.1 Å². The molecule has 104 valence electrons. The molecule has 2 rings (SSSR count). The summed E-state index contributed by atoms with van der Waals surface area (Å²) in [4.78, 5) is 11.9. The van der Waals surface area contributed by atoms with Gasteiger partial charge in [0.15, 0.2) is 11.5 Å². The first kappa shape index (κ1) is 14.2. The minimum absolute atomic E-state index is 0.216. The largest absolute Gasteiger partial charge is 0.504 e. The van der Waals surface area contributed by atoms with Gasteiger partial charge in [0.1, 0.15) is 6.04 Å². The number of rotatable bonds is 5. The maximum Gasteiger partial charge on any atom is 0.326 e. The fourth-order valence-electron chi connectivity index (χ4n) is 1.60. The lowest BCUT2D eigenvalue weighted by molar-refractivity contribution is -0.139. The Morgan fingerprint density at radius 2 is 1.75 bits per heavy atom. The van der Waals surface area contributed by atoms with Crippen LogP contribution in [-0.4, -0.2) is 21.3 Å². The number of aliphatic carboxylic acids is 1. The molecule has 0 aliphatic heterocycles. The Labute approximate surface area is 120 Å². The molecule has 0 amide bonds. The number of nitrogens with one attached hydrogen (secondary N) is 1. The van der Waals surface area contributed by atoms with Crippen molar-refractivity contribution >= 4 is 17.9 Å². The van der Waals surface area contributed by atoms with E-state index in [0.29, 0.717) is 10.5 Å². The van der Waals surface area contributed by atoms with Gasteiger partial charge in [-0.15, -0.1) is 0 Å². The van der Waals surface area contributed by atoms with Crippen LogP contribution in [0.1, 0.15) is 11.6 Å². The molecule has 0 aromatic heterocycles. The highest BCUT2D eigenvalue weighted by molar-refractivity contribution is 7.97. The molecule has 6 heteroatoms. The second kappa shape index (κ2) is 6.31. The Kier molecular flexibility index (Phi) is 4.49. The van der Waals surface area contributed by atoms with Crippen molar-refractivity contribution in [3.05, 3.63) is 54.1 Å². The van der Waals surface area contributed by atoms with Crippen LogP contribution in [0.25, 0.3) is 0 Å². The number of carbonyl (C=O) groups is 1. The van der Waals surface area contributed by atoms with Crippen molar-refractivity contribution in [2.45, 2.75) is 10.9 Å². The number of carboxylic acid groups (broad SMARTS) is 1. The predicted octanol–water partition coefficient (Wildman–Crippen LogP) is 2.52. The Bertz CT molecular complexity index is 603. The number of phenolic OH excluding ortho intramolecular Hbond substituents is 2. The van der Waals surface area contributed by atoms with E-state index in [1.807, 2.05) is 6.07 Å². The van der Waals surface area contributed by atoms with Gasteiger partial charge in [-0.1, -0.05) is 30.3 Å². The van der Waals surface area contributed by atoms with Gasteiger partial charge in [-0.05, 0) is 35.7 Å². The monoisotopic (exact) mass is 291 g/mol. The maximum atomic E-state index is 11.3.